The van der Waals surface area contributed by atoms with Gasteiger partial charge in [0, 0.05) is 25.1 Å². The highest BCUT2D eigenvalue weighted by atomic mass is 32.2. The van der Waals surface area contributed by atoms with E-state index in [1.807, 2.05) is 6.92 Å². The van der Waals surface area contributed by atoms with E-state index in [-0.39, 0.29) is 23.5 Å². The second kappa shape index (κ2) is 6.45. The molecule has 0 aromatic heterocycles. The Morgan fingerprint density at radius 3 is 2.36 bits per heavy atom. The van der Waals surface area contributed by atoms with Gasteiger partial charge in [-0.05, 0) is 36.8 Å². The molecule has 0 spiro atoms. The Labute approximate surface area is 161 Å². The van der Waals surface area contributed by atoms with Gasteiger partial charge in [-0.2, -0.15) is 0 Å². The minimum absolute atomic E-state index is 0.0992. The zero-order chi connectivity index (χ0) is 20.1. The van der Waals surface area contributed by atoms with E-state index in [4.69, 9.17) is 4.74 Å². The molecule has 0 amide bonds. The van der Waals surface area contributed by atoms with Crippen molar-refractivity contribution in [3.05, 3.63) is 81.0 Å². The molecule has 0 radical (unpaired) electrons. The Balaban J connectivity index is 1.73. The molecule has 0 aliphatic carbocycles. The molecule has 2 aromatic carbocycles. The van der Waals surface area contributed by atoms with Crippen molar-refractivity contribution in [2.45, 2.75) is 24.3 Å². The van der Waals surface area contributed by atoms with Crippen LogP contribution < -0.4 is 0 Å². The third kappa shape index (κ3) is 2.84. The quantitative estimate of drug-likeness (QED) is 0.444. The molecule has 4 rings (SSSR count). The van der Waals surface area contributed by atoms with E-state index < -0.39 is 27.0 Å². The normalized spacial score (nSPS) is 19.0. The van der Waals surface area contributed by atoms with Gasteiger partial charge in [-0.15, -0.1) is 0 Å². The van der Waals surface area contributed by atoms with Crippen LogP contribution in [0.15, 0.2) is 64.7 Å². The number of cyclic esters (lactones) is 1. The van der Waals surface area contributed by atoms with Gasteiger partial charge in [0.1, 0.15) is 0 Å². The Kier molecular flexibility index (Phi) is 4.19. The Bertz CT molecular complexity index is 1100. The van der Waals surface area contributed by atoms with Crippen molar-refractivity contribution in [2.75, 3.05) is 6.54 Å². The summed E-state index contributed by atoms with van der Waals surface area (Å²) in [5.74, 6) is -0.556. The second-order valence-electron chi connectivity index (χ2n) is 6.64. The average molecular weight is 400 g/mol. The molecule has 1 unspecified atom stereocenters. The van der Waals surface area contributed by atoms with Crippen LogP contribution in [0.2, 0.25) is 0 Å². The van der Waals surface area contributed by atoms with Gasteiger partial charge >= 0.3 is 5.97 Å². The number of sulfonamides is 1. The van der Waals surface area contributed by atoms with Crippen LogP contribution in [0.25, 0.3) is 0 Å². The number of benzene rings is 2. The fourth-order valence-corrected chi connectivity index (χ4v) is 4.96. The lowest BCUT2D eigenvalue weighted by atomic mass is 10.1. The Hall–Kier alpha value is -3.20. The minimum Gasteiger partial charge on any atom is -0.448 e. The number of ether oxygens (including phenoxy) is 1. The third-order valence-corrected chi connectivity index (χ3v) is 6.71. The number of nitro benzene ring substituents is 1. The first kappa shape index (κ1) is 18.2. The third-order valence-electron chi connectivity index (χ3n) is 4.88. The van der Waals surface area contributed by atoms with Crippen molar-refractivity contribution in [3.8, 4) is 0 Å². The van der Waals surface area contributed by atoms with E-state index >= 15 is 0 Å². The highest BCUT2D eigenvalue weighted by Crippen LogP contribution is 2.44. The monoisotopic (exact) mass is 400 g/mol. The summed E-state index contributed by atoms with van der Waals surface area (Å²) in [5.41, 5.74) is 1.94. The van der Waals surface area contributed by atoms with Crippen molar-refractivity contribution >= 4 is 21.7 Å². The fraction of sp³-hybridized carbons (Fsp3) is 0.211. The largest absolute Gasteiger partial charge is 0.448 e. The lowest BCUT2D eigenvalue weighted by Gasteiger charge is -2.25. The molecule has 9 heteroatoms. The van der Waals surface area contributed by atoms with E-state index in [9.17, 15) is 23.3 Å². The number of carbonyl (C=O) groups excluding carboxylic acids is 1. The molecular formula is C19H16N2O6S. The molecule has 1 atom stereocenters. The summed E-state index contributed by atoms with van der Waals surface area (Å²) >= 11 is 0. The maximum Gasteiger partial charge on any atom is 0.337 e. The first-order chi connectivity index (χ1) is 13.3. The van der Waals surface area contributed by atoms with E-state index in [0.29, 0.717) is 16.8 Å². The number of hydrogen-bond donors (Lipinski definition) is 0. The lowest BCUT2D eigenvalue weighted by molar-refractivity contribution is -0.384. The number of non-ortho nitro benzene ring substituents is 1. The van der Waals surface area contributed by atoms with Gasteiger partial charge < -0.3 is 4.74 Å². The number of aryl methyl sites for hydroxylation is 1. The van der Waals surface area contributed by atoms with Crippen LogP contribution >= 0.6 is 0 Å². The number of carbonyl (C=O) groups is 1. The van der Waals surface area contributed by atoms with Crippen LogP contribution in [0.5, 0.6) is 0 Å². The zero-order valence-corrected chi connectivity index (χ0v) is 15.7. The second-order valence-corrected chi connectivity index (χ2v) is 8.50. The van der Waals surface area contributed by atoms with Gasteiger partial charge in [0.15, 0.2) is 6.10 Å². The number of nitro groups is 1. The highest BCUT2D eigenvalue weighted by Gasteiger charge is 2.46. The molecule has 144 valence electrons. The van der Waals surface area contributed by atoms with E-state index in [2.05, 4.69) is 0 Å². The zero-order valence-electron chi connectivity index (χ0n) is 14.9. The Morgan fingerprint density at radius 2 is 1.75 bits per heavy atom. The number of rotatable bonds is 4. The summed E-state index contributed by atoms with van der Waals surface area (Å²) in [6.45, 7) is 2.01. The molecule has 2 aromatic rings. The van der Waals surface area contributed by atoms with Crippen LogP contribution in [-0.2, 0) is 19.6 Å². The molecule has 8 nitrogen and oxygen atoms in total. The molecule has 0 saturated carbocycles. The summed E-state index contributed by atoms with van der Waals surface area (Å²) in [7, 11) is -3.86. The molecular weight excluding hydrogens is 384 g/mol. The summed E-state index contributed by atoms with van der Waals surface area (Å²) in [6, 6.07) is 12.0. The van der Waals surface area contributed by atoms with Crippen molar-refractivity contribution in [3.63, 3.8) is 0 Å². The van der Waals surface area contributed by atoms with Crippen LogP contribution in [-0.4, -0.2) is 30.2 Å². The molecule has 0 bridgehead atoms. The molecule has 2 heterocycles. The van der Waals surface area contributed by atoms with Gasteiger partial charge in [0.2, 0.25) is 0 Å². The van der Waals surface area contributed by atoms with E-state index in [1.165, 1.54) is 40.7 Å². The van der Waals surface area contributed by atoms with Crippen molar-refractivity contribution < 1.29 is 22.9 Å². The smallest absolute Gasteiger partial charge is 0.337 e. The number of nitrogens with zero attached hydrogens (tertiary/aromatic N) is 2. The van der Waals surface area contributed by atoms with Gasteiger partial charge in [0.05, 0.1) is 21.1 Å². The van der Waals surface area contributed by atoms with Gasteiger partial charge in [-0.25, -0.2) is 13.2 Å². The number of hydrogen-bond acceptors (Lipinski definition) is 6. The van der Waals surface area contributed by atoms with Crippen molar-refractivity contribution in [1.82, 2.24) is 4.31 Å². The van der Waals surface area contributed by atoms with Crippen LogP contribution in [0.4, 0.5) is 5.69 Å². The number of esters is 1. The van der Waals surface area contributed by atoms with Crippen molar-refractivity contribution in [2.24, 2.45) is 0 Å². The van der Waals surface area contributed by atoms with Crippen LogP contribution in [0.3, 0.4) is 0 Å². The maximum atomic E-state index is 13.2. The summed E-state index contributed by atoms with van der Waals surface area (Å²) in [4.78, 5) is 22.7. The average Bonchev–Trinajstić information content (AvgIpc) is 3.24. The first-order valence-corrected chi connectivity index (χ1v) is 10.0. The molecule has 0 saturated heterocycles. The molecule has 0 N–H and O–H groups in total. The maximum absolute atomic E-state index is 13.2. The summed E-state index contributed by atoms with van der Waals surface area (Å²) in [6.07, 6.45) is -0.644. The summed E-state index contributed by atoms with van der Waals surface area (Å²) in [5, 5.41) is 10.9. The van der Waals surface area contributed by atoms with E-state index in [0.717, 1.165) is 5.56 Å². The molecule has 2 aliphatic heterocycles. The lowest BCUT2D eigenvalue weighted by Crippen LogP contribution is -2.30. The standard InChI is InChI=1S/C19H16N2O6S/c1-12-2-8-15(9-3-12)28(25,26)20-11-10-16-17(20)18(27-19(16)22)13-4-6-14(7-5-13)21(23)24/h2-9,18H,10-11H2,1H3. The summed E-state index contributed by atoms with van der Waals surface area (Å²) < 4.78 is 32.9. The van der Waals surface area contributed by atoms with Crippen LogP contribution in [0.1, 0.15) is 23.7 Å². The fourth-order valence-electron chi connectivity index (χ4n) is 3.43. The highest BCUT2D eigenvalue weighted by molar-refractivity contribution is 7.89. The predicted molar refractivity (Wildman–Crippen MR) is 98.6 cm³/mol. The van der Waals surface area contributed by atoms with Gasteiger partial charge in [-0.3, -0.25) is 14.4 Å². The SMILES string of the molecule is Cc1ccc(S(=O)(=O)N2CCC3=C2C(c2ccc([N+](=O)[O-])cc2)OC3=O)cc1. The minimum atomic E-state index is -3.86. The Morgan fingerprint density at radius 1 is 1.11 bits per heavy atom. The topological polar surface area (TPSA) is 107 Å². The van der Waals surface area contributed by atoms with E-state index in [1.54, 1.807) is 12.1 Å². The van der Waals surface area contributed by atoms with Crippen molar-refractivity contribution in [1.29, 1.82) is 0 Å². The van der Waals surface area contributed by atoms with Gasteiger partial charge in [-0.1, -0.05) is 17.7 Å². The van der Waals surface area contributed by atoms with Crippen LogP contribution in [0, 0.1) is 17.0 Å². The molecule has 0 fully saturated rings. The van der Waals surface area contributed by atoms with Gasteiger partial charge in [0.25, 0.3) is 15.7 Å². The predicted octanol–water partition coefficient (Wildman–Crippen LogP) is 2.85. The molecule has 2 aliphatic rings. The first-order valence-electron chi connectivity index (χ1n) is 8.57. The molecule has 28 heavy (non-hydrogen) atoms.